The molecular formula is C23H24N4O. The van der Waals surface area contributed by atoms with E-state index in [2.05, 4.69) is 31.0 Å². The molecule has 0 saturated carbocycles. The smallest absolute Gasteiger partial charge is 0.201 e. The molecule has 2 N–H and O–H groups in total. The number of nitrogen functional groups attached to an aromatic ring is 1. The topological polar surface area (TPSA) is 66.0 Å². The highest BCUT2D eigenvalue weighted by molar-refractivity contribution is 5.82. The molecule has 0 radical (unpaired) electrons. The molecular weight excluding hydrogens is 348 g/mol. The number of nitrogens with zero attached hydrogens (tertiary/aromatic N) is 3. The fraction of sp³-hybridized carbons (Fsp3) is 0.217. The highest BCUT2D eigenvalue weighted by atomic mass is 16.5. The standard InChI is InChI=1S/C23H24N4O/c1-15-11-16(2)22-20(12-15)27(23(24)26-22)13-19-21(10-9-17(3)25-19)28-14-18-7-5-4-6-8-18/h4-12H,13-14H2,1-3H3,(H2,24,26). The molecule has 0 saturated heterocycles. The van der Waals surface area contributed by atoms with E-state index >= 15 is 0 Å². The van der Waals surface area contributed by atoms with Crippen LogP contribution in [0.4, 0.5) is 5.95 Å². The summed E-state index contributed by atoms with van der Waals surface area (Å²) in [7, 11) is 0. The third-order valence-electron chi connectivity index (χ3n) is 4.84. The van der Waals surface area contributed by atoms with E-state index in [0.29, 0.717) is 19.1 Å². The second-order valence-electron chi connectivity index (χ2n) is 7.18. The molecule has 0 aliphatic heterocycles. The van der Waals surface area contributed by atoms with Gasteiger partial charge >= 0.3 is 0 Å². The van der Waals surface area contributed by atoms with E-state index in [1.54, 1.807) is 0 Å². The van der Waals surface area contributed by atoms with E-state index in [0.717, 1.165) is 39.3 Å². The van der Waals surface area contributed by atoms with E-state index in [-0.39, 0.29) is 0 Å². The van der Waals surface area contributed by atoms with Crippen molar-refractivity contribution in [2.24, 2.45) is 0 Å². The van der Waals surface area contributed by atoms with Gasteiger partial charge in [-0.2, -0.15) is 0 Å². The largest absolute Gasteiger partial charge is 0.487 e. The van der Waals surface area contributed by atoms with Gasteiger partial charge in [-0.1, -0.05) is 36.4 Å². The predicted octanol–water partition coefficient (Wildman–Crippen LogP) is 4.57. The summed E-state index contributed by atoms with van der Waals surface area (Å²) >= 11 is 0. The normalized spacial score (nSPS) is 11.1. The number of hydrogen-bond donors (Lipinski definition) is 1. The van der Waals surface area contributed by atoms with Crippen molar-refractivity contribution in [3.05, 3.63) is 82.7 Å². The van der Waals surface area contributed by atoms with Crippen molar-refractivity contribution in [1.29, 1.82) is 0 Å². The Bertz CT molecular complexity index is 1130. The van der Waals surface area contributed by atoms with Crippen LogP contribution in [0, 0.1) is 20.8 Å². The summed E-state index contributed by atoms with van der Waals surface area (Å²) in [5.41, 5.74) is 13.4. The molecule has 0 bridgehead atoms. The van der Waals surface area contributed by atoms with Gasteiger partial charge in [-0.15, -0.1) is 0 Å². The minimum absolute atomic E-state index is 0.487. The van der Waals surface area contributed by atoms with Gasteiger partial charge in [0.1, 0.15) is 18.1 Å². The van der Waals surface area contributed by atoms with Crippen LogP contribution in [0.15, 0.2) is 54.6 Å². The molecule has 0 fully saturated rings. The number of ether oxygens (including phenoxy) is 1. The van der Waals surface area contributed by atoms with Gasteiger partial charge in [0.25, 0.3) is 0 Å². The Hall–Kier alpha value is -3.34. The summed E-state index contributed by atoms with van der Waals surface area (Å²) in [6.45, 7) is 7.13. The van der Waals surface area contributed by atoms with Gasteiger partial charge in [0.2, 0.25) is 5.95 Å². The molecule has 0 spiro atoms. The van der Waals surface area contributed by atoms with E-state index in [4.69, 9.17) is 15.5 Å². The number of nitrogens with two attached hydrogens (primary N) is 1. The molecule has 2 aromatic carbocycles. The molecule has 4 rings (SSSR count). The van der Waals surface area contributed by atoms with Crippen molar-refractivity contribution >= 4 is 17.0 Å². The number of aromatic nitrogens is 3. The second-order valence-corrected chi connectivity index (χ2v) is 7.18. The summed E-state index contributed by atoms with van der Waals surface area (Å²) in [5, 5.41) is 0. The SMILES string of the molecule is Cc1cc(C)c2nc(N)n(Cc3nc(C)ccc3OCc3ccccc3)c2c1. The second kappa shape index (κ2) is 7.35. The predicted molar refractivity (Wildman–Crippen MR) is 112 cm³/mol. The first-order valence-electron chi connectivity index (χ1n) is 9.37. The van der Waals surface area contributed by atoms with Gasteiger partial charge in [-0.3, -0.25) is 4.98 Å². The van der Waals surface area contributed by atoms with Crippen LogP contribution in [0.5, 0.6) is 5.75 Å². The maximum Gasteiger partial charge on any atom is 0.201 e. The van der Waals surface area contributed by atoms with Crippen LogP contribution in [0.2, 0.25) is 0 Å². The van der Waals surface area contributed by atoms with Crippen LogP contribution in [-0.4, -0.2) is 14.5 Å². The highest BCUT2D eigenvalue weighted by Gasteiger charge is 2.15. The molecule has 28 heavy (non-hydrogen) atoms. The zero-order valence-corrected chi connectivity index (χ0v) is 16.4. The molecule has 142 valence electrons. The summed E-state index contributed by atoms with van der Waals surface area (Å²) in [6, 6.07) is 18.3. The van der Waals surface area contributed by atoms with Gasteiger partial charge < -0.3 is 15.0 Å². The average Bonchev–Trinajstić information content (AvgIpc) is 2.98. The Morgan fingerprint density at radius 3 is 2.54 bits per heavy atom. The van der Waals surface area contributed by atoms with Crippen molar-refractivity contribution in [3.8, 4) is 5.75 Å². The maximum absolute atomic E-state index is 6.26. The lowest BCUT2D eigenvalue weighted by molar-refractivity contribution is 0.300. The van der Waals surface area contributed by atoms with Crippen LogP contribution in [0.1, 0.15) is 28.1 Å². The third kappa shape index (κ3) is 3.56. The quantitative estimate of drug-likeness (QED) is 0.557. The Balaban J connectivity index is 1.69. The summed E-state index contributed by atoms with van der Waals surface area (Å²) < 4.78 is 8.10. The van der Waals surface area contributed by atoms with Gasteiger partial charge in [-0.05, 0) is 55.7 Å². The Morgan fingerprint density at radius 2 is 1.75 bits per heavy atom. The summed E-state index contributed by atoms with van der Waals surface area (Å²) in [4.78, 5) is 9.29. The highest BCUT2D eigenvalue weighted by Crippen LogP contribution is 2.26. The monoisotopic (exact) mass is 372 g/mol. The number of pyridine rings is 1. The molecule has 4 aromatic rings. The van der Waals surface area contributed by atoms with Crippen LogP contribution in [-0.2, 0) is 13.2 Å². The van der Waals surface area contributed by atoms with Gasteiger partial charge in [-0.25, -0.2) is 4.98 Å². The minimum Gasteiger partial charge on any atom is -0.487 e. The minimum atomic E-state index is 0.487. The van der Waals surface area contributed by atoms with E-state index in [9.17, 15) is 0 Å². The fourth-order valence-corrected chi connectivity index (χ4v) is 3.48. The molecule has 5 heteroatoms. The fourth-order valence-electron chi connectivity index (χ4n) is 3.48. The lowest BCUT2D eigenvalue weighted by Gasteiger charge is -2.13. The average molecular weight is 372 g/mol. The first kappa shape index (κ1) is 18.0. The van der Waals surface area contributed by atoms with Gasteiger partial charge in [0, 0.05) is 5.69 Å². The van der Waals surface area contributed by atoms with Crippen LogP contribution in [0.3, 0.4) is 0 Å². The van der Waals surface area contributed by atoms with Gasteiger partial charge in [0.15, 0.2) is 0 Å². The number of hydrogen-bond acceptors (Lipinski definition) is 4. The van der Waals surface area contributed by atoms with E-state index < -0.39 is 0 Å². The molecule has 2 heterocycles. The zero-order valence-electron chi connectivity index (χ0n) is 16.4. The van der Waals surface area contributed by atoms with E-state index in [1.807, 2.05) is 54.0 Å². The molecule has 0 unspecified atom stereocenters. The first-order valence-corrected chi connectivity index (χ1v) is 9.37. The summed E-state index contributed by atoms with van der Waals surface area (Å²) in [5.74, 6) is 1.25. The lowest BCUT2D eigenvalue weighted by Crippen LogP contribution is -2.09. The Morgan fingerprint density at radius 1 is 0.964 bits per heavy atom. The molecule has 0 amide bonds. The number of fused-ring (bicyclic) bond motifs is 1. The first-order chi connectivity index (χ1) is 13.5. The van der Waals surface area contributed by atoms with Crippen molar-refractivity contribution in [2.75, 3.05) is 5.73 Å². The van der Waals surface area contributed by atoms with Crippen molar-refractivity contribution in [1.82, 2.24) is 14.5 Å². The molecule has 2 aromatic heterocycles. The van der Waals surface area contributed by atoms with Crippen molar-refractivity contribution < 1.29 is 4.74 Å². The number of imidazole rings is 1. The number of benzene rings is 2. The summed E-state index contributed by atoms with van der Waals surface area (Å²) in [6.07, 6.45) is 0. The van der Waals surface area contributed by atoms with Crippen molar-refractivity contribution in [3.63, 3.8) is 0 Å². The van der Waals surface area contributed by atoms with Crippen LogP contribution < -0.4 is 10.5 Å². The van der Waals surface area contributed by atoms with Crippen LogP contribution in [0.25, 0.3) is 11.0 Å². The molecule has 0 aliphatic rings. The third-order valence-corrected chi connectivity index (χ3v) is 4.84. The zero-order chi connectivity index (χ0) is 19.7. The molecule has 5 nitrogen and oxygen atoms in total. The maximum atomic E-state index is 6.26. The number of aryl methyl sites for hydroxylation is 3. The van der Waals surface area contributed by atoms with E-state index in [1.165, 1.54) is 5.56 Å². The lowest BCUT2D eigenvalue weighted by atomic mass is 10.1. The van der Waals surface area contributed by atoms with Crippen LogP contribution >= 0.6 is 0 Å². The number of anilines is 1. The molecule has 0 aliphatic carbocycles. The van der Waals surface area contributed by atoms with Crippen molar-refractivity contribution in [2.45, 2.75) is 33.9 Å². The van der Waals surface area contributed by atoms with Gasteiger partial charge in [0.05, 0.1) is 17.6 Å². The molecule has 0 atom stereocenters. The Labute approximate surface area is 164 Å². The Kier molecular flexibility index (Phi) is 4.74. The number of rotatable bonds is 5.